The molecule has 1 N–H and O–H groups in total. The van der Waals surface area contributed by atoms with E-state index in [0.29, 0.717) is 0 Å². The van der Waals surface area contributed by atoms with Gasteiger partial charge in [-0.25, -0.2) is 9.59 Å². The number of benzene rings is 1. The van der Waals surface area contributed by atoms with E-state index in [0.717, 1.165) is 33.0 Å². The number of rotatable bonds is 6. The number of nitrogens with zero attached hydrogens (tertiary/aromatic N) is 4. The Kier molecular flexibility index (Phi) is 6.98. The predicted octanol–water partition coefficient (Wildman–Crippen LogP) is 0.348. The summed E-state index contributed by atoms with van der Waals surface area (Å²) in [5.74, 6) is -4.50. The number of ether oxygens (including phenoxy) is 1. The molecule has 2 heterocycles. The van der Waals surface area contributed by atoms with E-state index >= 15 is 0 Å². The number of imide groups is 2. The molecule has 1 atom stereocenters. The fourth-order valence-electron chi connectivity index (χ4n) is 3.22. The van der Waals surface area contributed by atoms with Crippen molar-refractivity contribution < 1.29 is 41.7 Å². The minimum Gasteiger partial charge on any atom is -0.461 e. The van der Waals surface area contributed by atoms with Crippen LogP contribution >= 0.6 is 0 Å². The Labute approximate surface area is 199 Å². The lowest BCUT2D eigenvalue weighted by Crippen LogP contribution is -2.52. The van der Waals surface area contributed by atoms with Gasteiger partial charge in [0.2, 0.25) is 0 Å². The van der Waals surface area contributed by atoms with Crippen molar-refractivity contribution in [1.29, 1.82) is 0 Å². The van der Waals surface area contributed by atoms with Gasteiger partial charge in [0.25, 0.3) is 27.8 Å². The van der Waals surface area contributed by atoms with Gasteiger partial charge in [-0.2, -0.15) is 18.5 Å². The molecular formula is C21H20N4O9S. The topological polar surface area (TPSA) is 171 Å². The summed E-state index contributed by atoms with van der Waals surface area (Å²) in [4.78, 5) is 63.0. The van der Waals surface area contributed by atoms with Crippen LogP contribution in [0.25, 0.3) is 0 Å². The number of hydrazone groups is 1. The molecule has 0 aromatic heterocycles. The first-order valence-corrected chi connectivity index (χ1v) is 11.5. The van der Waals surface area contributed by atoms with Gasteiger partial charge in [0, 0.05) is 14.1 Å². The Balaban J connectivity index is 1.93. The van der Waals surface area contributed by atoms with Crippen molar-refractivity contribution in [3.05, 3.63) is 48.1 Å². The minimum atomic E-state index is -4.46. The van der Waals surface area contributed by atoms with E-state index < -0.39 is 50.7 Å². The highest BCUT2D eigenvalue weighted by atomic mass is 32.2. The first-order valence-electron chi connectivity index (χ1n) is 10.0. The second kappa shape index (κ2) is 9.60. The number of allylic oxidation sites excluding steroid dienone is 2. The van der Waals surface area contributed by atoms with Gasteiger partial charge in [0.05, 0.1) is 17.2 Å². The highest BCUT2D eigenvalue weighted by Gasteiger charge is 2.40. The molecule has 1 aromatic rings. The Bertz CT molecular complexity index is 1290. The number of hydrogen-bond acceptors (Lipinski definition) is 9. The smallest absolute Gasteiger partial charge is 0.355 e. The summed E-state index contributed by atoms with van der Waals surface area (Å²) >= 11 is 0. The fraction of sp³-hybridized carbons (Fsp3) is 0.238. The third kappa shape index (κ3) is 4.88. The maximum atomic E-state index is 13.0. The monoisotopic (exact) mass is 504 g/mol. The standard InChI is InChI=1S/C21H20N4O9S/c1-4-34-20(29)16-14(6-5-7-15-17(26)23(2)21(30)24(3)18(15)27)19(28)25(22-16)12-8-10-13(11-9-12)35(31,32)33/h5-11,14H,4H2,1-3H3,(H,31,32,33)/b6-5+. The molecule has 0 aliphatic carbocycles. The fourth-order valence-corrected chi connectivity index (χ4v) is 3.70. The van der Waals surface area contributed by atoms with Crippen LogP contribution < -0.4 is 5.01 Å². The number of likely N-dealkylation sites (N-methyl/N-ethyl adjacent to an activating group) is 2. The van der Waals surface area contributed by atoms with Gasteiger partial charge in [0.15, 0.2) is 5.71 Å². The number of barbiturate groups is 1. The average molecular weight is 504 g/mol. The molecule has 13 nitrogen and oxygen atoms in total. The molecule has 0 saturated carbocycles. The third-order valence-electron chi connectivity index (χ3n) is 5.05. The summed E-state index contributed by atoms with van der Waals surface area (Å²) in [7, 11) is -2.03. The van der Waals surface area contributed by atoms with E-state index in [1.165, 1.54) is 38.4 Å². The molecule has 1 fully saturated rings. The summed E-state index contributed by atoms with van der Waals surface area (Å²) < 4.78 is 36.6. The predicted molar refractivity (Wildman–Crippen MR) is 119 cm³/mol. The van der Waals surface area contributed by atoms with Crippen molar-refractivity contribution in [2.75, 3.05) is 25.7 Å². The Morgan fingerprint density at radius 1 is 1.09 bits per heavy atom. The summed E-state index contributed by atoms with van der Waals surface area (Å²) in [6.07, 6.45) is 3.56. The minimum absolute atomic E-state index is 0.00525. The molecule has 184 valence electrons. The van der Waals surface area contributed by atoms with E-state index in [-0.39, 0.29) is 23.6 Å². The number of carbonyl (C=O) groups excluding carboxylic acids is 5. The Morgan fingerprint density at radius 2 is 1.66 bits per heavy atom. The van der Waals surface area contributed by atoms with Crippen LogP contribution in [0.2, 0.25) is 0 Å². The van der Waals surface area contributed by atoms with Gasteiger partial charge in [-0.05, 0) is 37.3 Å². The highest BCUT2D eigenvalue weighted by Crippen LogP contribution is 2.27. The molecule has 1 saturated heterocycles. The number of amides is 5. The second-order valence-electron chi connectivity index (χ2n) is 7.28. The molecule has 3 rings (SSSR count). The molecule has 0 bridgehead atoms. The van der Waals surface area contributed by atoms with Crippen molar-refractivity contribution in [3.63, 3.8) is 0 Å². The third-order valence-corrected chi connectivity index (χ3v) is 5.92. The Hall–Kier alpha value is -4.17. The first-order chi connectivity index (χ1) is 16.4. The zero-order valence-corrected chi connectivity index (χ0v) is 19.6. The lowest BCUT2D eigenvalue weighted by Gasteiger charge is -2.28. The lowest BCUT2D eigenvalue weighted by molar-refractivity contribution is -0.136. The van der Waals surface area contributed by atoms with E-state index in [2.05, 4.69) is 5.10 Å². The number of esters is 1. The largest absolute Gasteiger partial charge is 0.461 e. The van der Waals surface area contributed by atoms with Gasteiger partial charge < -0.3 is 4.74 Å². The zero-order chi connectivity index (χ0) is 26.1. The Morgan fingerprint density at radius 3 is 2.17 bits per heavy atom. The highest BCUT2D eigenvalue weighted by molar-refractivity contribution is 7.85. The summed E-state index contributed by atoms with van der Waals surface area (Å²) in [5.41, 5.74) is -0.502. The van der Waals surface area contributed by atoms with E-state index in [4.69, 9.17) is 9.29 Å². The quantitative estimate of drug-likeness (QED) is 0.248. The average Bonchev–Trinajstić information content (AvgIpc) is 3.14. The van der Waals surface area contributed by atoms with Gasteiger partial charge in [0.1, 0.15) is 11.5 Å². The molecule has 1 unspecified atom stereocenters. The van der Waals surface area contributed by atoms with Crippen molar-refractivity contribution in [2.45, 2.75) is 11.8 Å². The number of hydrogen-bond donors (Lipinski definition) is 1. The van der Waals surface area contributed by atoms with E-state index in [1.807, 2.05) is 0 Å². The van der Waals surface area contributed by atoms with Crippen LogP contribution in [0.1, 0.15) is 6.92 Å². The molecule has 14 heteroatoms. The van der Waals surface area contributed by atoms with Crippen LogP contribution in [0, 0.1) is 5.92 Å². The van der Waals surface area contributed by atoms with Crippen LogP contribution in [0.5, 0.6) is 0 Å². The van der Waals surface area contributed by atoms with E-state index in [1.54, 1.807) is 6.92 Å². The molecule has 35 heavy (non-hydrogen) atoms. The van der Waals surface area contributed by atoms with Crippen LogP contribution in [0.15, 0.2) is 58.1 Å². The molecule has 1 aromatic carbocycles. The second-order valence-corrected chi connectivity index (χ2v) is 8.70. The van der Waals surface area contributed by atoms with Gasteiger partial charge >= 0.3 is 12.0 Å². The summed E-state index contributed by atoms with van der Waals surface area (Å²) in [5, 5.41) is 4.87. The van der Waals surface area contributed by atoms with Crippen molar-refractivity contribution in [3.8, 4) is 0 Å². The number of anilines is 1. The van der Waals surface area contributed by atoms with Crippen molar-refractivity contribution in [1.82, 2.24) is 9.80 Å². The van der Waals surface area contributed by atoms with Gasteiger partial charge in [-0.1, -0.05) is 12.2 Å². The zero-order valence-electron chi connectivity index (χ0n) is 18.7. The van der Waals surface area contributed by atoms with Crippen LogP contribution in [0.4, 0.5) is 10.5 Å². The van der Waals surface area contributed by atoms with Crippen LogP contribution in [-0.2, 0) is 34.0 Å². The first kappa shape index (κ1) is 25.5. The SMILES string of the molecule is CCOC(=O)C1=NN(c2ccc(S(=O)(=O)O)cc2)C(=O)C1/C=C/C=C1C(=O)N(C)C(=O)N(C)C1=O. The van der Waals surface area contributed by atoms with Gasteiger partial charge in [-0.3, -0.25) is 28.7 Å². The number of urea groups is 1. The molecule has 2 aliphatic heterocycles. The number of carbonyl (C=O) groups is 5. The molecule has 0 radical (unpaired) electrons. The maximum absolute atomic E-state index is 13.0. The maximum Gasteiger partial charge on any atom is 0.355 e. The van der Waals surface area contributed by atoms with Crippen molar-refractivity contribution in [2.24, 2.45) is 11.0 Å². The summed E-state index contributed by atoms with van der Waals surface area (Å²) in [6, 6.07) is 3.74. The summed E-state index contributed by atoms with van der Waals surface area (Å²) in [6.45, 7) is 1.57. The lowest BCUT2D eigenvalue weighted by atomic mass is 10.0. The molecule has 2 aliphatic rings. The molecule has 5 amide bonds. The van der Waals surface area contributed by atoms with Gasteiger partial charge in [-0.15, -0.1) is 0 Å². The van der Waals surface area contributed by atoms with E-state index in [9.17, 15) is 32.4 Å². The van der Waals surface area contributed by atoms with Crippen molar-refractivity contribution >= 4 is 51.2 Å². The van der Waals surface area contributed by atoms with Crippen LogP contribution in [-0.4, -0.2) is 78.9 Å². The van der Waals surface area contributed by atoms with Crippen LogP contribution in [0.3, 0.4) is 0 Å². The normalized spacial score (nSPS) is 19.1. The molecular weight excluding hydrogens is 484 g/mol. The molecule has 0 spiro atoms.